The predicted molar refractivity (Wildman–Crippen MR) is 102 cm³/mol. The van der Waals surface area contributed by atoms with Crippen LogP contribution in [0.3, 0.4) is 0 Å². The summed E-state index contributed by atoms with van der Waals surface area (Å²) in [6.07, 6.45) is 1.87. The van der Waals surface area contributed by atoms with Gasteiger partial charge >= 0.3 is 0 Å². The molecule has 0 fully saturated rings. The summed E-state index contributed by atoms with van der Waals surface area (Å²) in [4.78, 5) is 4.64. The number of hydrogen-bond acceptors (Lipinski definition) is 1. The van der Waals surface area contributed by atoms with Gasteiger partial charge in [-0.2, -0.15) is 4.57 Å². The summed E-state index contributed by atoms with van der Waals surface area (Å²) in [5.74, 6) is 1.25. The highest BCUT2D eigenvalue weighted by molar-refractivity contribution is 6.02. The van der Waals surface area contributed by atoms with Gasteiger partial charge in [-0.25, -0.2) is 9.55 Å². The molecule has 3 aromatic heterocycles. The van der Waals surface area contributed by atoms with Gasteiger partial charge in [-0.15, -0.1) is 0 Å². The summed E-state index contributed by atoms with van der Waals surface area (Å²) in [6.45, 7) is 0.899. The van der Waals surface area contributed by atoms with E-state index in [-0.39, 0.29) is 0 Å². The van der Waals surface area contributed by atoms with Crippen LogP contribution in [0.15, 0.2) is 72.9 Å². The maximum absolute atomic E-state index is 4.64. The lowest BCUT2D eigenvalue weighted by atomic mass is 10.1. The van der Waals surface area contributed by atoms with Crippen LogP contribution in [0.25, 0.3) is 39.3 Å². The van der Waals surface area contributed by atoms with Crippen LogP contribution in [0.4, 0.5) is 0 Å². The van der Waals surface area contributed by atoms with Crippen LogP contribution in [-0.4, -0.2) is 14.1 Å². The van der Waals surface area contributed by atoms with Crippen molar-refractivity contribution in [2.24, 2.45) is 7.05 Å². The van der Waals surface area contributed by atoms with Gasteiger partial charge in [0.1, 0.15) is 17.9 Å². The number of nitrogens with zero attached hydrogens (tertiary/aromatic N) is 4. The second kappa shape index (κ2) is 4.82. The highest BCUT2D eigenvalue weighted by Crippen LogP contribution is 2.36. The molecule has 4 heterocycles. The Bertz CT molecular complexity index is 1310. The van der Waals surface area contributed by atoms with E-state index in [1.54, 1.807) is 0 Å². The summed E-state index contributed by atoms with van der Waals surface area (Å²) in [5, 5.41) is 1.20. The highest BCUT2D eigenvalue weighted by atomic mass is 15.3. The topological polar surface area (TPSA) is 26.6 Å². The fraction of sp³-hybridized carbons (Fsp3) is 0.0909. The molecule has 0 saturated carbocycles. The monoisotopic (exact) mass is 337 g/mol. The SMILES string of the molecule is Cn1c2ncccc2c2c1n(-c1ccccc1)c1[n+]2Cc2ccccc2-1. The zero-order valence-corrected chi connectivity index (χ0v) is 14.4. The van der Waals surface area contributed by atoms with Gasteiger partial charge in [0, 0.05) is 18.8 Å². The van der Waals surface area contributed by atoms with E-state index in [1.165, 1.54) is 39.2 Å². The minimum atomic E-state index is 0.899. The molecule has 0 bridgehead atoms. The molecule has 0 N–H and O–H groups in total. The number of imidazole rings is 1. The first-order valence-corrected chi connectivity index (χ1v) is 8.86. The number of fused-ring (bicyclic) bond motifs is 7. The van der Waals surface area contributed by atoms with E-state index < -0.39 is 0 Å². The molecule has 4 heteroatoms. The minimum Gasteiger partial charge on any atom is -0.292 e. The molecule has 26 heavy (non-hydrogen) atoms. The zero-order chi connectivity index (χ0) is 17.3. The molecule has 0 radical (unpaired) electrons. The molecule has 0 unspecified atom stereocenters. The van der Waals surface area contributed by atoms with Crippen LogP contribution in [0.2, 0.25) is 0 Å². The molecule has 5 aromatic rings. The first-order valence-electron chi connectivity index (χ1n) is 8.86. The van der Waals surface area contributed by atoms with Gasteiger partial charge in [0.05, 0.1) is 10.9 Å². The average molecular weight is 337 g/mol. The third kappa shape index (κ3) is 1.59. The van der Waals surface area contributed by atoms with Crippen LogP contribution in [-0.2, 0) is 13.6 Å². The number of aryl methyl sites for hydroxylation is 1. The molecule has 6 rings (SSSR count). The predicted octanol–water partition coefficient (Wildman–Crippen LogP) is 3.83. The Labute approximate surface area is 150 Å². The van der Waals surface area contributed by atoms with E-state index >= 15 is 0 Å². The number of aromatic nitrogens is 4. The lowest BCUT2D eigenvalue weighted by Gasteiger charge is -2.03. The van der Waals surface area contributed by atoms with Crippen molar-refractivity contribution in [2.45, 2.75) is 6.54 Å². The summed E-state index contributed by atoms with van der Waals surface area (Å²) in [6, 6.07) is 23.5. The van der Waals surface area contributed by atoms with Gasteiger partial charge in [0.2, 0.25) is 5.52 Å². The molecular weight excluding hydrogens is 320 g/mol. The molecule has 0 spiro atoms. The normalized spacial score (nSPS) is 12.7. The Morgan fingerprint density at radius 1 is 0.923 bits per heavy atom. The van der Waals surface area contributed by atoms with Crippen LogP contribution in [0.5, 0.6) is 0 Å². The number of benzene rings is 2. The minimum absolute atomic E-state index is 0.899. The zero-order valence-electron chi connectivity index (χ0n) is 14.4. The molecule has 1 aliphatic rings. The van der Waals surface area contributed by atoms with Gasteiger partial charge in [-0.1, -0.05) is 36.4 Å². The van der Waals surface area contributed by atoms with E-state index in [1.807, 2.05) is 12.3 Å². The Kier molecular flexibility index (Phi) is 2.57. The van der Waals surface area contributed by atoms with Gasteiger partial charge < -0.3 is 0 Å². The van der Waals surface area contributed by atoms with Gasteiger partial charge in [0.15, 0.2) is 0 Å². The van der Waals surface area contributed by atoms with Crippen LogP contribution in [0, 0.1) is 0 Å². The Morgan fingerprint density at radius 3 is 2.62 bits per heavy atom. The fourth-order valence-electron chi connectivity index (χ4n) is 4.37. The molecule has 0 aliphatic carbocycles. The molecular formula is C22H17N4+. The van der Waals surface area contributed by atoms with Crippen molar-refractivity contribution in [3.8, 4) is 17.1 Å². The van der Waals surface area contributed by atoms with Gasteiger partial charge in [-0.05, 0) is 30.3 Å². The molecule has 0 atom stereocenters. The second-order valence-corrected chi connectivity index (χ2v) is 6.84. The lowest BCUT2D eigenvalue weighted by Crippen LogP contribution is -2.31. The number of pyridine rings is 1. The molecule has 0 amide bonds. The number of hydrogen-bond donors (Lipinski definition) is 0. The van der Waals surface area contributed by atoms with Crippen LogP contribution >= 0.6 is 0 Å². The first kappa shape index (κ1) is 13.8. The first-order chi connectivity index (χ1) is 12.8. The van der Waals surface area contributed by atoms with Crippen LogP contribution in [0.1, 0.15) is 5.56 Å². The van der Waals surface area contributed by atoms with Crippen molar-refractivity contribution in [2.75, 3.05) is 0 Å². The largest absolute Gasteiger partial charge is 0.297 e. The van der Waals surface area contributed by atoms with E-state index in [4.69, 9.17) is 0 Å². The van der Waals surface area contributed by atoms with Crippen molar-refractivity contribution >= 4 is 22.2 Å². The molecule has 124 valence electrons. The number of para-hydroxylation sites is 1. The summed E-state index contributed by atoms with van der Waals surface area (Å²) in [7, 11) is 2.11. The third-order valence-electron chi connectivity index (χ3n) is 5.44. The molecule has 2 aromatic carbocycles. The Hall–Kier alpha value is -3.40. The van der Waals surface area contributed by atoms with Crippen molar-refractivity contribution in [1.82, 2.24) is 14.1 Å². The van der Waals surface area contributed by atoms with E-state index in [0.29, 0.717) is 0 Å². The summed E-state index contributed by atoms with van der Waals surface area (Å²) >= 11 is 0. The maximum atomic E-state index is 4.64. The molecule has 0 saturated heterocycles. The van der Waals surface area contributed by atoms with Crippen molar-refractivity contribution in [1.29, 1.82) is 0 Å². The quantitative estimate of drug-likeness (QED) is 0.419. The molecule has 4 nitrogen and oxygen atoms in total. The summed E-state index contributed by atoms with van der Waals surface area (Å²) in [5.41, 5.74) is 7.32. The standard InChI is InChI=1S/C22H17N4/c1-24-20-18(12-7-13-23-20)19-22(24)26(16-9-3-2-4-10-16)21-17-11-6-5-8-15(17)14-25(19)21/h2-13H,14H2,1H3/q+1. The lowest BCUT2D eigenvalue weighted by molar-refractivity contribution is -0.645. The van der Waals surface area contributed by atoms with Crippen LogP contribution < -0.4 is 4.57 Å². The Balaban J connectivity index is 1.87. The van der Waals surface area contributed by atoms with E-state index in [2.05, 4.69) is 86.4 Å². The second-order valence-electron chi connectivity index (χ2n) is 6.84. The van der Waals surface area contributed by atoms with Crippen molar-refractivity contribution in [3.05, 3.63) is 78.5 Å². The maximum Gasteiger partial charge on any atom is 0.297 e. The van der Waals surface area contributed by atoms with E-state index in [9.17, 15) is 0 Å². The van der Waals surface area contributed by atoms with Crippen molar-refractivity contribution < 1.29 is 4.57 Å². The molecule has 1 aliphatic heterocycles. The van der Waals surface area contributed by atoms with Gasteiger partial charge in [0.25, 0.3) is 11.5 Å². The third-order valence-corrected chi connectivity index (χ3v) is 5.44. The average Bonchev–Trinajstić information content (AvgIpc) is 3.31. The number of rotatable bonds is 1. The van der Waals surface area contributed by atoms with Gasteiger partial charge in [-0.3, -0.25) is 4.57 Å². The fourth-order valence-corrected chi connectivity index (χ4v) is 4.37. The van der Waals surface area contributed by atoms with Crippen molar-refractivity contribution in [3.63, 3.8) is 0 Å². The summed E-state index contributed by atoms with van der Waals surface area (Å²) < 4.78 is 7.03. The highest BCUT2D eigenvalue weighted by Gasteiger charge is 2.37. The Morgan fingerprint density at radius 2 is 1.73 bits per heavy atom. The smallest absolute Gasteiger partial charge is 0.292 e. The van der Waals surface area contributed by atoms with E-state index in [0.717, 1.165) is 12.2 Å².